The highest BCUT2D eigenvalue weighted by Gasteiger charge is 2.09. The van der Waals surface area contributed by atoms with Gasteiger partial charge in [-0.3, -0.25) is 14.4 Å². The number of esters is 1. The van der Waals surface area contributed by atoms with Crippen LogP contribution in [-0.2, 0) is 19.1 Å². The van der Waals surface area contributed by atoms with Crippen molar-refractivity contribution >= 4 is 29.5 Å². The molecule has 108 valence electrons. The quantitative estimate of drug-likeness (QED) is 0.554. The van der Waals surface area contributed by atoms with E-state index < -0.39 is 24.4 Å². The molecule has 6 nitrogen and oxygen atoms in total. The second-order valence-corrected chi connectivity index (χ2v) is 4.98. The van der Waals surface area contributed by atoms with Crippen molar-refractivity contribution < 1.29 is 19.1 Å². The molecular weight excluding hydrogens is 280 g/mol. The average Bonchev–Trinajstić information content (AvgIpc) is 2.42. The van der Waals surface area contributed by atoms with E-state index in [1.165, 1.54) is 11.8 Å². The number of primary amides is 1. The first-order chi connectivity index (χ1) is 9.49. The van der Waals surface area contributed by atoms with E-state index >= 15 is 0 Å². The smallest absolute Gasteiger partial charge is 0.316 e. The van der Waals surface area contributed by atoms with Crippen LogP contribution < -0.4 is 11.1 Å². The molecule has 0 aliphatic heterocycles. The summed E-state index contributed by atoms with van der Waals surface area (Å²) in [6.07, 6.45) is 0. The molecule has 0 heterocycles. The standard InChI is InChI=1S/C13H16N2O4S/c1-9-4-2-3-5-10(9)20-8-13(18)19-7-12(17)15-6-11(14)16/h2-5H,6-8H2,1H3,(H2,14,16)(H,15,17). The molecule has 0 saturated carbocycles. The maximum Gasteiger partial charge on any atom is 0.316 e. The summed E-state index contributed by atoms with van der Waals surface area (Å²) in [7, 11) is 0. The van der Waals surface area contributed by atoms with Gasteiger partial charge >= 0.3 is 5.97 Å². The lowest BCUT2D eigenvalue weighted by Crippen LogP contribution is -2.36. The van der Waals surface area contributed by atoms with Crippen molar-refractivity contribution in [1.82, 2.24) is 5.32 Å². The van der Waals surface area contributed by atoms with Gasteiger partial charge in [0.15, 0.2) is 6.61 Å². The number of carbonyl (C=O) groups is 3. The number of amides is 2. The van der Waals surface area contributed by atoms with Crippen molar-refractivity contribution in [3.8, 4) is 0 Å². The number of ether oxygens (including phenoxy) is 1. The molecule has 7 heteroatoms. The number of nitrogens with two attached hydrogens (primary N) is 1. The molecule has 3 N–H and O–H groups in total. The largest absolute Gasteiger partial charge is 0.455 e. The number of carbonyl (C=O) groups excluding carboxylic acids is 3. The summed E-state index contributed by atoms with van der Waals surface area (Å²) >= 11 is 1.34. The number of rotatable bonds is 7. The van der Waals surface area contributed by atoms with Gasteiger partial charge in [-0.1, -0.05) is 18.2 Å². The van der Waals surface area contributed by atoms with Gasteiger partial charge in [0.25, 0.3) is 5.91 Å². The highest BCUT2D eigenvalue weighted by Crippen LogP contribution is 2.21. The molecule has 0 aliphatic carbocycles. The van der Waals surface area contributed by atoms with E-state index in [2.05, 4.69) is 5.32 Å². The molecule has 0 radical (unpaired) electrons. The Morgan fingerprint density at radius 1 is 1.30 bits per heavy atom. The Kier molecular flexibility index (Phi) is 6.58. The van der Waals surface area contributed by atoms with Crippen molar-refractivity contribution in [3.05, 3.63) is 29.8 Å². The fourth-order valence-corrected chi connectivity index (χ4v) is 2.11. The zero-order chi connectivity index (χ0) is 15.0. The number of hydrogen-bond acceptors (Lipinski definition) is 5. The predicted octanol–water partition coefficient (Wildman–Crippen LogP) is 0.232. The van der Waals surface area contributed by atoms with Crippen molar-refractivity contribution in [1.29, 1.82) is 0 Å². The van der Waals surface area contributed by atoms with Crippen molar-refractivity contribution in [2.75, 3.05) is 18.9 Å². The Balaban J connectivity index is 2.25. The molecule has 0 spiro atoms. The number of thioether (sulfide) groups is 1. The van der Waals surface area contributed by atoms with E-state index in [0.717, 1.165) is 10.5 Å². The van der Waals surface area contributed by atoms with Crippen molar-refractivity contribution in [3.63, 3.8) is 0 Å². The Hall–Kier alpha value is -2.02. The van der Waals surface area contributed by atoms with Crippen LogP contribution >= 0.6 is 11.8 Å². The van der Waals surface area contributed by atoms with Gasteiger partial charge in [0.05, 0.1) is 12.3 Å². The molecule has 0 bridgehead atoms. The molecule has 0 atom stereocenters. The number of nitrogens with one attached hydrogen (secondary N) is 1. The Morgan fingerprint density at radius 3 is 2.65 bits per heavy atom. The van der Waals surface area contributed by atoms with Gasteiger partial charge in [-0.2, -0.15) is 0 Å². The molecule has 20 heavy (non-hydrogen) atoms. The summed E-state index contributed by atoms with van der Waals surface area (Å²) in [5.41, 5.74) is 5.93. The van der Waals surface area contributed by atoms with Crippen LogP contribution in [0.15, 0.2) is 29.2 Å². The van der Waals surface area contributed by atoms with Gasteiger partial charge in [-0.15, -0.1) is 11.8 Å². The average molecular weight is 296 g/mol. The van der Waals surface area contributed by atoms with E-state index in [1.807, 2.05) is 31.2 Å². The number of aryl methyl sites for hydroxylation is 1. The van der Waals surface area contributed by atoms with Crippen LogP contribution in [0.3, 0.4) is 0 Å². The normalized spacial score (nSPS) is 9.85. The molecule has 1 aromatic rings. The first kappa shape index (κ1) is 16.0. The monoisotopic (exact) mass is 296 g/mol. The third-order valence-electron chi connectivity index (χ3n) is 2.26. The predicted molar refractivity (Wildman–Crippen MR) is 75.1 cm³/mol. The summed E-state index contributed by atoms with van der Waals surface area (Å²) in [4.78, 5) is 34.1. The topological polar surface area (TPSA) is 98.5 Å². The number of benzene rings is 1. The second-order valence-electron chi connectivity index (χ2n) is 3.96. The van der Waals surface area contributed by atoms with E-state index in [1.54, 1.807) is 0 Å². The Bertz CT molecular complexity index is 505. The van der Waals surface area contributed by atoms with Crippen LogP contribution in [-0.4, -0.2) is 36.7 Å². The fraction of sp³-hybridized carbons (Fsp3) is 0.308. The SMILES string of the molecule is Cc1ccccc1SCC(=O)OCC(=O)NCC(N)=O. The van der Waals surface area contributed by atoms with Crippen LogP contribution in [0, 0.1) is 6.92 Å². The van der Waals surface area contributed by atoms with Crippen LogP contribution in [0.5, 0.6) is 0 Å². The lowest BCUT2D eigenvalue weighted by molar-refractivity contribution is -0.146. The van der Waals surface area contributed by atoms with Gasteiger partial charge in [0.1, 0.15) is 0 Å². The fourth-order valence-electron chi connectivity index (χ4n) is 1.28. The van der Waals surface area contributed by atoms with E-state index in [9.17, 15) is 14.4 Å². The van der Waals surface area contributed by atoms with Gasteiger partial charge in [-0.05, 0) is 18.6 Å². The van der Waals surface area contributed by atoms with Crippen molar-refractivity contribution in [2.24, 2.45) is 5.73 Å². The van der Waals surface area contributed by atoms with Gasteiger partial charge in [0, 0.05) is 4.90 Å². The molecule has 1 aromatic carbocycles. The van der Waals surface area contributed by atoms with Gasteiger partial charge < -0.3 is 15.8 Å². The van der Waals surface area contributed by atoms with Crippen molar-refractivity contribution in [2.45, 2.75) is 11.8 Å². The molecule has 0 aliphatic rings. The highest BCUT2D eigenvalue weighted by molar-refractivity contribution is 8.00. The minimum atomic E-state index is -0.653. The Labute approximate surface area is 121 Å². The zero-order valence-corrected chi connectivity index (χ0v) is 11.9. The van der Waals surface area contributed by atoms with E-state index in [0.29, 0.717) is 0 Å². The summed E-state index contributed by atoms with van der Waals surface area (Å²) in [5.74, 6) is -1.58. The minimum absolute atomic E-state index is 0.119. The number of hydrogen-bond donors (Lipinski definition) is 2. The molecular formula is C13H16N2O4S. The summed E-state index contributed by atoms with van der Waals surface area (Å²) in [5, 5.41) is 2.22. The lowest BCUT2D eigenvalue weighted by atomic mass is 10.2. The van der Waals surface area contributed by atoms with E-state index in [-0.39, 0.29) is 12.3 Å². The summed E-state index contributed by atoms with van der Waals surface area (Å²) in [6.45, 7) is 1.26. The third-order valence-corrected chi connectivity index (χ3v) is 3.41. The van der Waals surface area contributed by atoms with E-state index in [4.69, 9.17) is 10.5 Å². The lowest BCUT2D eigenvalue weighted by Gasteiger charge is -2.06. The summed E-state index contributed by atoms with van der Waals surface area (Å²) in [6, 6.07) is 7.66. The molecule has 2 amide bonds. The third kappa shape index (κ3) is 6.24. The van der Waals surface area contributed by atoms with Crippen LogP contribution in [0.25, 0.3) is 0 Å². The zero-order valence-electron chi connectivity index (χ0n) is 11.0. The van der Waals surface area contributed by atoms with Crippen LogP contribution in [0.2, 0.25) is 0 Å². The first-order valence-corrected chi connectivity index (χ1v) is 6.86. The molecule has 0 aromatic heterocycles. The Morgan fingerprint density at radius 2 is 2.00 bits per heavy atom. The minimum Gasteiger partial charge on any atom is -0.455 e. The van der Waals surface area contributed by atoms with Crippen LogP contribution in [0.1, 0.15) is 5.56 Å². The highest BCUT2D eigenvalue weighted by atomic mass is 32.2. The van der Waals surface area contributed by atoms with Gasteiger partial charge in [-0.25, -0.2) is 0 Å². The maximum atomic E-state index is 11.5. The van der Waals surface area contributed by atoms with Gasteiger partial charge in [0.2, 0.25) is 5.91 Å². The molecule has 0 fully saturated rings. The molecule has 0 saturated heterocycles. The molecule has 0 unspecified atom stereocenters. The second kappa shape index (κ2) is 8.21. The first-order valence-electron chi connectivity index (χ1n) is 5.88. The van der Waals surface area contributed by atoms with Crippen LogP contribution in [0.4, 0.5) is 0 Å². The summed E-state index contributed by atoms with van der Waals surface area (Å²) < 4.78 is 4.77. The maximum absolute atomic E-state index is 11.5. The molecule has 1 rings (SSSR count).